The third kappa shape index (κ3) is 2.49. The summed E-state index contributed by atoms with van der Waals surface area (Å²) in [6.45, 7) is 2.03. The van der Waals surface area contributed by atoms with Crippen LogP contribution in [0.2, 0.25) is 0 Å². The van der Waals surface area contributed by atoms with E-state index in [2.05, 4.69) is 0 Å². The first-order valence-corrected chi connectivity index (χ1v) is 4.84. The molecule has 0 radical (unpaired) electrons. The minimum atomic E-state index is -0.973. The van der Waals surface area contributed by atoms with Gasteiger partial charge >= 0.3 is 6.09 Å². The predicted molar refractivity (Wildman–Crippen MR) is 55.6 cm³/mol. The summed E-state index contributed by atoms with van der Waals surface area (Å²) in [5, 5.41) is 8.92. The highest BCUT2D eigenvalue weighted by molar-refractivity contribution is 5.98. The summed E-state index contributed by atoms with van der Waals surface area (Å²) in [4.78, 5) is 25.5. The van der Waals surface area contributed by atoms with Gasteiger partial charge in [-0.15, -0.1) is 0 Å². The van der Waals surface area contributed by atoms with Crippen molar-refractivity contribution >= 4 is 11.9 Å². The molecule has 1 amide bonds. The quantitative estimate of drug-likeness (QED) is 0.652. The number of piperidine rings is 1. The number of carbonyl (C=O) groups excluding carboxylic acids is 1. The van der Waals surface area contributed by atoms with E-state index in [0.717, 1.165) is 0 Å². The van der Waals surface area contributed by atoms with Crippen molar-refractivity contribution in [3.05, 3.63) is 11.8 Å². The molecule has 0 aromatic heterocycles. The number of likely N-dealkylation sites (tertiary alicyclic amines) is 1. The van der Waals surface area contributed by atoms with E-state index in [1.54, 1.807) is 18.0 Å². The average molecular weight is 212 g/mol. The van der Waals surface area contributed by atoms with Crippen LogP contribution in [-0.4, -0.2) is 53.5 Å². The Labute approximate surface area is 89.0 Å². The maximum Gasteiger partial charge on any atom is 0.407 e. The smallest absolute Gasteiger partial charge is 0.407 e. The summed E-state index contributed by atoms with van der Waals surface area (Å²) in [5.41, 5.74) is 0.564. The number of rotatable bonds is 1. The van der Waals surface area contributed by atoms with Gasteiger partial charge in [-0.3, -0.25) is 4.79 Å². The molecule has 1 N–H and O–H groups in total. The molecular weight excluding hydrogens is 196 g/mol. The summed E-state index contributed by atoms with van der Waals surface area (Å²) < 4.78 is 0. The molecule has 1 heterocycles. The van der Waals surface area contributed by atoms with Crippen molar-refractivity contribution in [2.75, 3.05) is 20.6 Å². The fraction of sp³-hybridized carbons (Fsp3) is 0.600. The molecule has 1 atom stereocenters. The van der Waals surface area contributed by atoms with Gasteiger partial charge in [0.15, 0.2) is 5.78 Å². The zero-order valence-corrected chi connectivity index (χ0v) is 9.23. The van der Waals surface area contributed by atoms with E-state index in [-0.39, 0.29) is 18.2 Å². The van der Waals surface area contributed by atoms with Crippen LogP contribution in [0.5, 0.6) is 0 Å². The van der Waals surface area contributed by atoms with E-state index in [1.807, 2.05) is 14.1 Å². The molecule has 0 aromatic rings. The fourth-order valence-corrected chi connectivity index (χ4v) is 1.68. The number of nitrogens with zero attached hydrogens (tertiary/aromatic N) is 2. The lowest BCUT2D eigenvalue weighted by Crippen LogP contribution is -2.46. The molecule has 0 saturated carbocycles. The van der Waals surface area contributed by atoms with E-state index in [1.165, 1.54) is 4.90 Å². The largest absolute Gasteiger partial charge is 0.465 e. The van der Waals surface area contributed by atoms with Crippen LogP contribution in [0.3, 0.4) is 0 Å². The topological polar surface area (TPSA) is 60.9 Å². The van der Waals surface area contributed by atoms with Gasteiger partial charge in [0.25, 0.3) is 0 Å². The molecule has 0 spiro atoms. The molecular formula is C10H16N2O3. The van der Waals surface area contributed by atoms with Crippen molar-refractivity contribution in [1.82, 2.24) is 9.80 Å². The van der Waals surface area contributed by atoms with E-state index in [9.17, 15) is 9.59 Å². The molecule has 1 aliphatic rings. The van der Waals surface area contributed by atoms with Crippen LogP contribution < -0.4 is 0 Å². The van der Waals surface area contributed by atoms with Gasteiger partial charge < -0.3 is 14.9 Å². The Morgan fingerprint density at radius 1 is 1.60 bits per heavy atom. The molecule has 1 fully saturated rings. The van der Waals surface area contributed by atoms with Crippen molar-refractivity contribution < 1.29 is 14.7 Å². The van der Waals surface area contributed by atoms with Crippen LogP contribution in [0.25, 0.3) is 0 Å². The number of hydrogen-bond acceptors (Lipinski definition) is 3. The molecule has 0 aromatic carbocycles. The van der Waals surface area contributed by atoms with Gasteiger partial charge in [0, 0.05) is 38.8 Å². The maximum absolute atomic E-state index is 11.6. The summed E-state index contributed by atoms with van der Waals surface area (Å²) in [6, 6.07) is -0.355. The van der Waals surface area contributed by atoms with Crippen LogP contribution in [0, 0.1) is 0 Å². The van der Waals surface area contributed by atoms with E-state index >= 15 is 0 Å². The Hall–Kier alpha value is -1.52. The fourth-order valence-electron chi connectivity index (χ4n) is 1.68. The first kappa shape index (κ1) is 11.6. The standard InChI is InChI=1S/C10H16N2O3/c1-7-8(6-11(2)3)9(13)4-5-12(7)10(14)15/h6-7H,4-5H2,1-3H3,(H,14,15). The summed E-state index contributed by atoms with van der Waals surface area (Å²) in [7, 11) is 3.62. The number of Topliss-reactive ketones (excluding diaryl/α,β-unsaturated/α-hetero) is 1. The molecule has 0 bridgehead atoms. The van der Waals surface area contributed by atoms with Crippen LogP contribution in [0.15, 0.2) is 11.8 Å². The predicted octanol–water partition coefficient (Wildman–Crippen LogP) is 0.773. The van der Waals surface area contributed by atoms with Crippen molar-refractivity contribution in [2.24, 2.45) is 0 Å². The van der Waals surface area contributed by atoms with E-state index in [0.29, 0.717) is 12.1 Å². The second-order valence-electron chi connectivity index (χ2n) is 3.87. The lowest BCUT2D eigenvalue weighted by Gasteiger charge is -2.32. The summed E-state index contributed by atoms with van der Waals surface area (Å²) in [6.07, 6.45) is 0.998. The van der Waals surface area contributed by atoms with Crippen molar-refractivity contribution in [3.63, 3.8) is 0 Å². The van der Waals surface area contributed by atoms with Crippen molar-refractivity contribution in [3.8, 4) is 0 Å². The highest BCUT2D eigenvalue weighted by Crippen LogP contribution is 2.20. The Bertz CT molecular complexity index is 310. The molecule has 1 rings (SSSR count). The number of hydrogen-bond donors (Lipinski definition) is 1. The lowest BCUT2D eigenvalue weighted by molar-refractivity contribution is -0.117. The third-order valence-electron chi connectivity index (χ3n) is 2.46. The zero-order valence-electron chi connectivity index (χ0n) is 9.23. The molecule has 1 saturated heterocycles. The molecule has 1 aliphatic heterocycles. The molecule has 5 nitrogen and oxygen atoms in total. The monoisotopic (exact) mass is 212 g/mol. The Morgan fingerprint density at radius 3 is 2.67 bits per heavy atom. The second-order valence-corrected chi connectivity index (χ2v) is 3.87. The molecule has 15 heavy (non-hydrogen) atoms. The van der Waals surface area contributed by atoms with Crippen LogP contribution in [-0.2, 0) is 4.79 Å². The van der Waals surface area contributed by atoms with Gasteiger partial charge in [-0.05, 0) is 6.92 Å². The summed E-state index contributed by atoms with van der Waals surface area (Å²) >= 11 is 0. The highest BCUT2D eigenvalue weighted by atomic mass is 16.4. The SMILES string of the molecule is CC1C(=CN(C)C)C(=O)CCN1C(=O)O. The average Bonchev–Trinajstić information content (AvgIpc) is 2.11. The minimum absolute atomic E-state index is 0.0358. The molecule has 0 aliphatic carbocycles. The number of carbonyl (C=O) groups is 2. The van der Waals surface area contributed by atoms with Crippen LogP contribution in [0.4, 0.5) is 4.79 Å². The van der Waals surface area contributed by atoms with Crippen molar-refractivity contribution in [1.29, 1.82) is 0 Å². The first-order valence-electron chi connectivity index (χ1n) is 4.84. The van der Waals surface area contributed by atoms with Gasteiger partial charge in [-0.1, -0.05) is 0 Å². The zero-order chi connectivity index (χ0) is 11.6. The lowest BCUT2D eigenvalue weighted by atomic mass is 9.96. The number of amides is 1. The Kier molecular flexibility index (Phi) is 3.34. The van der Waals surface area contributed by atoms with Gasteiger partial charge in [-0.25, -0.2) is 4.79 Å². The van der Waals surface area contributed by atoms with E-state index < -0.39 is 6.09 Å². The van der Waals surface area contributed by atoms with Crippen molar-refractivity contribution in [2.45, 2.75) is 19.4 Å². The van der Waals surface area contributed by atoms with Crippen LogP contribution in [0.1, 0.15) is 13.3 Å². The van der Waals surface area contributed by atoms with Gasteiger partial charge in [-0.2, -0.15) is 0 Å². The highest BCUT2D eigenvalue weighted by Gasteiger charge is 2.31. The number of carboxylic acid groups (broad SMARTS) is 1. The minimum Gasteiger partial charge on any atom is -0.465 e. The molecule has 5 heteroatoms. The van der Waals surface area contributed by atoms with Gasteiger partial charge in [0.05, 0.1) is 6.04 Å². The Balaban J connectivity index is 2.93. The first-order chi connectivity index (χ1) is 6.93. The normalized spacial score (nSPS) is 24.5. The third-order valence-corrected chi connectivity index (χ3v) is 2.46. The summed E-state index contributed by atoms with van der Waals surface area (Å²) in [5.74, 6) is 0.0358. The molecule has 84 valence electrons. The van der Waals surface area contributed by atoms with Crippen LogP contribution >= 0.6 is 0 Å². The second kappa shape index (κ2) is 4.33. The Morgan fingerprint density at radius 2 is 2.20 bits per heavy atom. The molecule has 1 unspecified atom stereocenters. The number of ketones is 1. The maximum atomic E-state index is 11.6. The van der Waals surface area contributed by atoms with Gasteiger partial charge in [0.1, 0.15) is 0 Å². The van der Waals surface area contributed by atoms with Gasteiger partial charge in [0.2, 0.25) is 0 Å². The van der Waals surface area contributed by atoms with E-state index in [4.69, 9.17) is 5.11 Å².